The molecule has 1 atom stereocenters. The summed E-state index contributed by atoms with van der Waals surface area (Å²) >= 11 is 0. The van der Waals surface area contributed by atoms with Crippen LogP contribution in [0.1, 0.15) is 39.1 Å². The second-order valence-electron chi connectivity index (χ2n) is 6.88. The van der Waals surface area contributed by atoms with Crippen molar-refractivity contribution in [1.82, 2.24) is 10.2 Å². The average Bonchev–Trinajstić information content (AvgIpc) is 3.16. The Morgan fingerprint density at radius 1 is 1.22 bits per heavy atom. The highest BCUT2D eigenvalue weighted by Crippen LogP contribution is 2.35. The van der Waals surface area contributed by atoms with Crippen LogP contribution in [-0.4, -0.2) is 36.5 Å². The second kappa shape index (κ2) is 6.64. The summed E-state index contributed by atoms with van der Waals surface area (Å²) in [7, 11) is 1.91. The van der Waals surface area contributed by atoms with Gasteiger partial charge in [-0.1, -0.05) is 0 Å². The topological polar surface area (TPSA) is 52.7 Å². The number of nitrogens with one attached hydrogen (secondary N) is 1. The summed E-state index contributed by atoms with van der Waals surface area (Å²) in [4.78, 5) is 29.0. The first-order valence-corrected chi connectivity index (χ1v) is 8.85. The number of halogens is 2. The molecule has 2 heterocycles. The van der Waals surface area contributed by atoms with E-state index >= 15 is 0 Å². The number of rotatable bonds is 3. The van der Waals surface area contributed by atoms with E-state index in [1.807, 2.05) is 16.8 Å². The number of hydrogen-bond acceptors (Lipinski definition) is 3. The largest absolute Gasteiger partial charge is 0.354 e. The Hall–Kier alpha value is -2.96. The molecule has 2 aliphatic rings. The van der Waals surface area contributed by atoms with Gasteiger partial charge in [-0.15, -0.1) is 0 Å². The van der Waals surface area contributed by atoms with E-state index in [2.05, 4.69) is 5.32 Å². The van der Waals surface area contributed by atoms with Crippen LogP contribution in [0.3, 0.4) is 0 Å². The Morgan fingerprint density at radius 3 is 2.85 bits per heavy atom. The van der Waals surface area contributed by atoms with Gasteiger partial charge in [0, 0.05) is 31.3 Å². The van der Waals surface area contributed by atoms with Crippen molar-refractivity contribution < 1.29 is 18.4 Å². The Bertz CT molecular complexity index is 931. The van der Waals surface area contributed by atoms with Gasteiger partial charge in [-0.3, -0.25) is 9.59 Å². The minimum absolute atomic E-state index is 0.0145. The van der Waals surface area contributed by atoms with Crippen LogP contribution < -0.4 is 10.2 Å². The fourth-order valence-corrected chi connectivity index (χ4v) is 3.81. The maximum Gasteiger partial charge on any atom is 0.257 e. The van der Waals surface area contributed by atoms with Gasteiger partial charge in [-0.05, 0) is 49.2 Å². The van der Waals surface area contributed by atoms with Gasteiger partial charge in [0.15, 0.2) is 0 Å². The summed E-state index contributed by atoms with van der Waals surface area (Å²) in [6.07, 6.45) is 1.88. The highest BCUT2D eigenvalue weighted by Gasteiger charge is 2.38. The highest BCUT2D eigenvalue weighted by atomic mass is 19.1. The molecule has 1 fully saturated rings. The maximum atomic E-state index is 13.7. The molecule has 140 valence electrons. The first-order chi connectivity index (χ1) is 13.0. The van der Waals surface area contributed by atoms with Gasteiger partial charge in [0.05, 0.1) is 11.3 Å². The Balaban J connectivity index is 1.55. The fourth-order valence-electron chi connectivity index (χ4n) is 3.81. The Morgan fingerprint density at radius 2 is 2.04 bits per heavy atom. The van der Waals surface area contributed by atoms with Gasteiger partial charge in [0.1, 0.15) is 17.8 Å². The molecule has 2 aromatic carbocycles. The monoisotopic (exact) mass is 371 g/mol. The molecule has 0 bridgehead atoms. The molecule has 2 aliphatic heterocycles. The summed E-state index contributed by atoms with van der Waals surface area (Å²) < 4.78 is 26.9. The zero-order chi connectivity index (χ0) is 19.1. The lowest BCUT2D eigenvalue weighted by atomic mass is 10.0. The number of nitrogens with zero attached hydrogens (tertiary/aromatic N) is 2. The van der Waals surface area contributed by atoms with Gasteiger partial charge in [-0.2, -0.15) is 0 Å². The number of amides is 2. The van der Waals surface area contributed by atoms with Crippen LogP contribution in [-0.2, 0) is 6.54 Å². The van der Waals surface area contributed by atoms with Crippen molar-refractivity contribution in [2.75, 3.05) is 18.5 Å². The third-order valence-electron chi connectivity index (χ3n) is 5.25. The maximum absolute atomic E-state index is 13.7. The van der Waals surface area contributed by atoms with Gasteiger partial charge in [0.2, 0.25) is 0 Å². The van der Waals surface area contributed by atoms with Crippen LogP contribution in [0.2, 0.25) is 0 Å². The van der Waals surface area contributed by atoms with Gasteiger partial charge in [-0.25, -0.2) is 8.78 Å². The summed E-state index contributed by atoms with van der Waals surface area (Å²) in [6.45, 7) is 0.624. The van der Waals surface area contributed by atoms with E-state index in [-0.39, 0.29) is 24.2 Å². The molecular weight excluding hydrogens is 352 g/mol. The second-order valence-corrected chi connectivity index (χ2v) is 6.88. The van der Waals surface area contributed by atoms with E-state index in [0.29, 0.717) is 16.8 Å². The zero-order valence-corrected chi connectivity index (χ0v) is 14.8. The van der Waals surface area contributed by atoms with E-state index in [4.69, 9.17) is 0 Å². The molecule has 0 saturated carbocycles. The Kier molecular flexibility index (Phi) is 4.30. The smallest absolute Gasteiger partial charge is 0.257 e. The van der Waals surface area contributed by atoms with Gasteiger partial charge < -0.3 is 15.1 Å². The number of carbonyl (C=O) groups excluding carboxylic acids is 2. The zero-order valence-electron chi connectivity index (χ0n) is 14.8. The predicted molar refractivity (Wildman–Crippen MR) is 96.4 cm³/mol. The Labute approximate surface area is 155 Å². The summed E-state index contributed by atoms with van der Waals surface area (Å²) in [5, 5.41) is 2.60. The third kappa shape index (κ3) is 3.03. The summed E-state index contributed by atoms with van der Waals surface area (Å²) in [5.74, 6) is -1.56. The number of carbonyl (C=O) groups is 2. The SMILES string of the molecule is CN1c2cc(C(=O)NCc3cc(F)ccc3F)ccc2C(=O)N2CCC[C@H]21. The summed E-state index contributed by atoms with van der Waals surface area (Å²) in [5.41, 5.74) is 1.74. The van der Waals surface area contributed by atoms with Crippen molar-refractivity contribution in [2.24, 2.45) is 0 Å². The number of hydrogen-bond donors (Lipinski definition) is 1. The van der Waals surface area contributed by atoms with E-state index in [0.717, 1.165) is 37.6 Å². The molecule has 0 radical (unpaired) electrons. The normalized spacial score (nSPS) is 18.3. The van der Waals surface area contributed by atoms with E-state index in [1.54, 1.807) is 18.2 Å². The molecule has 0 unspecified atom stereocenters. The molecule has 4 rings (SSSR count). The number of fused-ring (bicyclic) bond motifs is 2. The van der Waals surface area contributed by atoms with Crippen LogP contribution >= 0.6 is 0 Å². The minimum atomic E-state index is -0.575. The molecule has 0 spiro atoms. The van der Waals surface area contributed by atoms with Crippen LogP contribution in [0.4, 0.5) is 14.5 Å². The van der Waals surface area contributed by atoms with E-state index in [9.17, 15) is 18.4 Å². The number of benzene rings is 2. The molecule has 1 N–H and O–H groups in total. The van der Waals surface area contributed by atoms with Crippen LogP contribution in [0.25, 0.3) is 0 Å². The van der Waals surface area contributed by atoms with Crippen molar-refractivity contribution >= 4 is 17.5 Å². The van der Waals surface area contributed by atoms with Crippen LogP contribution in [0.5, 0.6) is 0 Å². The lowest BCUT2D eigenvalue weighted by molar-refractivity contribution is 0.0719. The lowest BCUT2D eigenvalue weighted by Crippen LogP contribution is -2.50. The number of anilines is 1. The summed E-state index contributed by atoms with van der Waals surface area (Å²) in [6, 6.07) is 8.04. The van der Waals surface area contributed by atoms with Crippen LogP contribution in [0.15, 0.2) is 36.4 Å². The minimum Gasteiger partial charge on any atom is -0.354 e. The molecular formula is C20H19F2N3O2. The third-order valence-corrected chi connectivity index (χ3v) is 5.25. The predicted octanol–water partition coefficient (Wildman–Crippen LogP) is 2.91. The average molecular weight is 371 g/mol. The standard InChI is InChI=1S/C20H19F2N3O2/c1-24-17-10-12(4-6-15(17)20(27)25-8-2-3-18(24)25)19(26)23-11-13-9-14(21)5-7-16(13)22/h4-7,9-10,18H,2-3,8,11H2,1H3,(H,23,26)/t18-/m0/s1. The molecule has 2 amide bonds. The fraction of sp³-hybridized carbons (Fsp3) is 0.300. The van der Waals surface area contributed by atoms with Crippen molar-refractivity contribution in [3.8, 4) is 0 Å². The van der Waals surface area contributed by atoms with Crippen molar-refractivity contribution in [3.05, 3.63) is 64.7 Å². The lowest BCUT2D eigenvalue weighted by Gasteiger charge is -2.40. The highest BCUT2D eigenvalue weighted by molar-refractivity contribution is 6.04. The van der Waals surface area contributed by atoms with Crippen molar-refractivity contribution in [3.63, 3.8) is 0 Å². The van der Waals surface area contributed by atoms with E-state index in [1.165, 1.54) is 0 Å². The molecule has 0 aromatic heterocycles. The molecule has 2 aromatic rings. The molecule has 7 heteroatoms. The van der Waals surface area contributed by atoms with Crippen molar-refractivity contribution in [2.45, 2.75) is 25.6 Å². The van der Waals surface area contributed by atoms with Crippen molar-refractivity contribution in [1.29, 1.82) is 0 Å². The molecule has 27 heavy (non-hydrogen) atoms. The molecule has 1 saturated heterocycles. The first-order valence-electron chi connectivity index (χ1n) is 8.85. The first kappa shape index (κ1) is 17.5. The molecule has 5 nitrogen and oxygen atoms in total. The van der Waals surface area contributed by atoms with Gasteiger partial charge in [0.25, 0.3) is 11.8 Å². The quantitative estimate of drug-likeness (QED) is 0.903. The van der Waals surface area contributed by atoms with Crippen LogP contribution in [0, 0.1) is 11.6 Å². The van der Waals surface area contributed by atoms with E-state index < -0.39 is 17.5 Å². The molecule has 0 aliphatic carbocycles. The van der Waals surface area contributed by atoms with Gasteiger partial charge >= 0.3 is 0 Å².